The molecule has 9 nitrogen and oxygen atoms in total. The van der Waals surface area contributed by atoms with Crippen LogP contribution in [-0.4, -0.2) is 43.6 Å². The molecule has 0 spiro atoms. The van der Waals surface area contributed by atoms with E-state index in [0.717, 1.165) is 23.6 Å². The van der Waals surface area contributed by atoms with Crippen LogP contribution in [-0.2, 0) is 9.84 Å². The number of sulfone groups is 1. The van der Waals surface area contributed by atoms with Crippen molar-refractivity contribution in [3.8, 4) is 11.3 Å². The second-order valence-electron chi connectivity index (χ2n) is 7.09. The van der Waals surface area contributed by atoms with Gasteiger partial charge in [0.25, 0.3) is 11.6 Å². The highest BCUT2D eigenvalue weighted by Gasteiger charge is 2.18. The maximum Gasteiger partial charge on any atom is 0.293 e. The van der Waals surface area contributed by atoms with Crippen LogP contribution in [0.1, 0.15) is 16.1 Å². The van der Waals surface area contributed by atoms with Gasteiger partial charge in [-0.15, -0.1) is 0 Å². The van der Waals surface area contributed by atoms with Crippen LogP contribution in [0.5, 0.6) is 0 Å². The zero-order valence-electron chi connectivity index (χ0n) is 17.5. The predicted octanol–water partition coefficient (Wildman–Crippen LogP) is 3.21. The van der Waals surface area contributed by atoms with Crippen molar-refractivity contribution >= 4 is 27.1 Å². The van der Waals surface area contributed by atoms with Gasteiger partial charge in [-0.1, -0.05) is 30.3 Å². The molecule has 166 valence electrons. The van der Waals surface area contributed by atoms with Crippen LogP contribution < -0.4 is 10.6 Å². The number of carbonyl (C=O) groups excluding carboxylic acids is 1. The van der Waals surface area contributed by atoms with Crippen molar-refractivity contribution in [3.63, 3.8) is 0 Å². The molecule has 2 aromatic carbocycles. The average molecular weight is 455 g/mol. The summed E-state index contributed by atoms with van der Waals surface area (Å²) in [6, 6.07) is 16.8. The Morgan fingerprint density at radius 2 is 1.78 bits per heavy atom. The number of nitro groups is 1. The van der Waals surface area contributed by atoms with Crippen LogP contribution >= 0.6 is 0 Å². The molecule has 0 aliphatic heterocycles. The number of aryl methyl sites for hydroxylation is 1. The number of nitro benzene ring substituents is 1. The zero-order valence-corrected chi connectivity index (χ0v) is 18.3. The Bertz CT molecular complexity index is 1260. The Balaban J connectivity index is 1.61. The maximum atomic E-state index is 12.5. The van der Waals surface area contributed by atoms with E-state index in [-0.39, 0.29) is 35.3 Å². The number of benzene rings is 2. The van der Waals surface area contributed by atoms with Gasteiger partial charge in [0.15, 0.2) is 9.84 Å². The highest BCUT2D eigenvalue weighted by Crippen LogP contribution is 2.27. The summed E-state index contributed by atoms with van der Waals surface area (Å²) in [7, 11) is -3.56. The predicted molar refractivity (Wildman–Crippen MR) is 121 cm³/mol. The number of nitrogens with one attached hydrogen (secondary N) is 2. The van der Waals surface area contributed by atoms with Crippen LogP contribution in [0.3, 0.4) is 0 Å². The average Bonchev–Trinajstić information content (AvgIpc) is 2.76. The van der Waals surface area contributed by atoms with E-state index in [9.17, 15) is 23.3 Å². The first-order valence-corrected chi connectivity index (χ1v) is 11.6. The van der Waals surface area contributed by atoms with Crippen LogP contribution in [0.15, 0.2) is 65.6 Å². The van der Waals surface area contributed by atoms with Gasteiger partial charge >= 0.3 is 0 Å². The number of hydrogen-bond acceptors (Lipinski definition) is 7. The highest BCUT2D eigenvalue weighted by molar-refractivity contribution is 7.90. The van der Waals surface area contributed by atoms with Crippen molar-refractivity contribution in [2.45, 2.75) is 11.8 Å². The first-order valence-electron chi connectivity index (χ1n) is 9.70. The van der Waals surface area contributed by atoms with E-state index in [1.54, 1.807) is 19.1 Å². The smallest absolute Gasteiger partial charge is 0.293 e. The summed E-state index contributed by atoms with van der Waals surface area (Å²) in [5.41, 5.74) is 2.57. The highest BCUT2D eigenvalue weighted by atomic mass is 32.2. The molecule has 32 heavy (non-hydrogen) atoms. The Hall–Kier alpha value is -3.79. The van der Waals surface area contributed by atoms with Gasteiger partial charge in [0, 0.05) is 31.0 Å². The molecule has 0 unspecified atom stereocenters. The fourth-order valence-electron chi connectivity index (χ4n) is 3.08. The molecule has 0 saturated heterocycles. The number of anilines is 1. The molecule has 0 atom stereocenters. The quantitative estimate of drug-likeness (QED) is 0.303. The molecule has 1 aromatic heterocycles. The molecule has 10 heteroatoms. The van der Waals surface area contributed by atoms with Crippen molar-refractivity contribution in [3.05, 3.63) is 82.0 Å². The summed E-state index contributed by atoms with van der Waals surface area (Å²) in [4.78, 5) is 27.5. The third kappa shape index (κ3) is 5.46. The number of aromatic nitrogens is 1. The lowest BCUT2D eigenvalue weighted by molar-refractivity contribution is -0.384. The number of amides is 1. The fourth-order valence-corrected chi connectivity index (χ4v) is 3.72. The SMILES string of the molecule is Cc1nc(-c2ccccc2)ccc1C(=O)NCCNc1ccc(S(C)(=O)=O)cc1[N+](=O)[O-]. The summed E-state index contributed by atoms with van der Waals surface area (Å²) >= 11 is 0. The maximum absolute atomic E-state index is 12.5. The molecule has 0 radical (unpaired) electrons. The molecule has 0 bridgehead atoms. The van der Waals surface area contributed by atoms with Crippen LogP contribution in [0.2, 0.25) is 0 Å². The Morgan fingerprint density at radius 3 is 2.41 bits per heavy atom. The van der Waals surface area contributed by atoms with Gasteiger partial charge in [0.1, 0.15) is 5.69 Å². The zero-order chi connectivity index (χ0) is 23.3. The third-order valence-corrected chi connectivity index (χ3v) is 5.83. The summed E-state index contributed by atoms with van der Waals surface area (Å²) < 4.78 is 23.2. The van der Waals surface area contributed by atoms with Crippen molar-refractivity contribution in [1.82, 2.24) is 10.3 Å². The third-order valence-electron chi connectivity index (χ3n) is 4.72. The summed E-state index contributed by atoms with van der Waals surface area (Å²) in [6.07, 6.45) is 0.984. The lowest BCUT2D eigenvalue weighted by Gasteiger charge is -2.11. The second kappa shape index (κ2) is 9.56. The molecule has 2 N–H and O–H groups in total. The lowest BCUT2D eigenvalue weighted by atomic mass is 10.1. The minimum atomic E-state index is -3.56. The van der Waals surface area contributed by atoms with E-state index >= 15 is 0 Å². The lowest BCUT2D eigenvalue weighted by Crippen LogP contribution is -2.29. The molecule has 1 heterocycles. The summed E-state index contributed by atoms with van der Waals surface area (Å²) in [5, 5.41) is 16.9. The molecular weight excluding hydrogens is 432 g/mol. The molecule has 0 aliphatic carbocycles. The number of hydrogen-bond donors (Lipinski definition) is 2. The van der Waals surface area contributed by atoms with E-state index in [0.29, 0.717) is 11.3 Å². The molecule has 0 aliphatic rings. The van der Waals surface area contributed by atoms with Crippen molar-refractivity contribution < 1.29 is 18.1 Å². The van der Waals surface area contributed by atoms with E-state index in [4.69, 9.17) is 0 Å². The minimum Gasteiger partial charge on any atom is -0.378 e. The monoisotopic (exact) mass is 454 g/mol. The fraction of sp³-hybridized carbons (Fsp3) is 0.182. The topological polar surface area (TPSA) is 131 Å². The van der Waals surface area contributed by atoms with Gasteiger partial charge in [-0.2, -0.15) is 0 Å². The van der Waals surface area contributed by atoms with E-state index < -0.39 is 14.8 Å². The minimum absolute atomic E-state index is 0.134. The number of rotatable bonds is 8. The molecule has 1 amide bonds. The normalized spacial score (nSPS) is 11.1. The first-order chi connectivity index (χ1) is 15.2. The van der Waals surface area contributed by atoms with Gasteiger partial charge in [-0.3, -0.25) is 19.9 Å². The van der Waals surface area contributed by atoms with Crippen molar-refractivity contribution in [2.75, 3.05) is 24.7 Å². The Labute approximate surface area is 185 Å². The number of carbonyl (C=O) groups is 1. The van der Waals surface area contributed by atoms with Crippen LogP contribution in [0.4, 0.5) is 11.4 Å². The molecule has 0 saturated carbocycles. The molecule has 0 fully saturated rings. The Kier molecular flexibility index (Phi) is 6.84. The van der Waals surface area contributed by atoms with Gasteiger partial charge in [-0.25, -0.2) is 8.42 Å². The summed E-state index contributed by atoms with van der Waals surface area (Å²) in [6.45, 7) is 2.16. The Morgan fingerprint density at radius 1 is 1.06 bits per heavy atom. The van der Waals surface area contributed by atoms with Crippen LogP contribution in [0.25, 0.3) is 11.3 Å². The number of nitrogens with zero attached hydrogens (tertiary/aromatic N) is 2. The molecular formula is C22H22N4O5S. The van der Waals surface area contributed by atoms with Gasteiger partial charge in [-0.05, 0) is 31.2 Å². The van der Waals surface area contributed by atoms with Gasteiger partial charge in [0.2, 0.25) is 0 Å². The largest absolute Gasteiger partial charge is 0.378 e. The van der Waals surface area contributed by atoms with E-state index in [1.165, 1.54) is 12.1 Å². The molecule has 3 rings (SSSR count). The van der Waals surface area contributed by atoms with E-state index in [2.05, 4.69) is 15.6 Å². The van der Waals surface area contributed by atoms with Crippen molar-refractivity contribution in [1.29, 1.82) is 0 Å². The van der Waals surface area contributed by atoms with Gasteiger partial charge in [0.05, 0.1) is 26.8 Å². The molecule has 3 aromatic rings. The number of pyridine rings is 1. The van der Waals surface area contributed by atoms with Gasteiger partial charge < -0.3 is 10.6 Å². The van der Waals surface area contributed by atoms with Crippen molar-refractivity contribution in [2.24, 2.45) is 0 Å². The van der Waals surface area contributed by atoms with Crippen LogP contribution in [0, 0.1) is 17.0 Å². The second-order valence-corrected chi connectivity index (χ2v) is 9.10. The first kappa shape index (κ1) is 22.9. The standard InChI is InChI=1S/C22H22N4O5S/c1-15-18(9-11-19(25-15)16-6-4-3-5-7-16)22(27)24-13-12-23-20-10-8-17(32(2,30)31)14-21(20)26(28)29/h3-11,14,23H,12-13H2,1-2H3,(H,24,27). The summed E-state index contributed by atoms with van der Waals surface area (Å²) in [5.74, 6) is -0.307. The van der Waals surface area contributed by atoms with E-state index in [1.807, 2.05) is 30.3 Å².